The van der Waals surface area contributed by atoms with Gasteiger partial charge in [0.1, 0.15) is 24.2 Å². The molecule has 1 aliphatic carbocycles. The van der Waals surface area contributed by atoms with Crippen molar-refractivity contribution in [2.45, 2.75) is 66.8 Å². The zero-order valence-electron chi connectivity index (χ0n) is 22.4. The molecule has 222 valence electrons. The van der Waals surface area contributed by atoms with Crippen LogP contribution in [0.3, 0.4) is 0 Å². The van der Waals surface area contributed by atoms with Crippen LogP contribution in [-0.4, -0.2) is 68.7 Å². The summed E-state index contributed by atoms with van der Waals surface area (Å²) in [5.74, 6) is -6.07. The molecule has 0 atom stereocenters. The van der Waals surface area contributed by atoms with Crippen molar-refractivity contribution < 1.29 is 53.7 Å². The second-order valence-electron chi connectivity index (χ2n) is 9.51. The minimum Gasteiger partial charge on any atom is -0.481 e. The lowest BCUT2D eigenvalue weighted by atomic mass is 9.79. The fourth-order valence-electron chi connectivity index (χ4n) is 4.18. The number of esters is 1. The smallest absolute Gasteiger partial charge is 0.346 e. The number of nitrogens with zero attached hydrogens (tertiary/aromatic N) is 1. The van der Waals surface area contributed by atoms with E-state index in [4.69, 9.17) is 14.9 Å². The van der Waals surface area contributed by atoms with Gasteiger partial charge in [-0.2, -0.15) is 0 Å². The van der Waals surface area contributed by atoms with E-state index in [0.717, 1.165) is 29.1 Å². The minimum atomic E-state index is -1.46. The molecule has 42 heavy (non-hydrogen) atoms. The Morgan fingerprint density at radius 1 is 0.762 bits per heavy atom. The SMILES string of the molecule is O=C(O)CC(=O)OCC/C(=N\OC(=O)CC(=O)O)C(=O)c1ccc(Sc2ccc(C(=O)C3(O)CCCCC3)cc2)cc1. The summed E-state index contributed by atoms with van der Waals surface area (Å²) in [6.45, 7) is -0.434. The molecule has 1 fully saturated rings. The van der Waals surface area contributed by atoms with Crippen molar-refractivity contribution >= 4 is 52.9 Å². The highest BCUT2D eigenvalue weighted by molar-refractivity contribution is 7.99. The number of carbonyl (C=O) groups is 6. The Bertz CT molecular complexity index is 1360. The first kappa shape index (κ1) is 32.2. The quantitative estimate of drug-likeness (QED) is 0.0713. The molecule has 0 amide bonds. The van der Waals surface area contributed by atoms with Crippen molar-refractivity contribution in [3.05, 3.63) is 59.7 Å². The molecule has 0 aromatic heterocycles. The molecule has 12 nitrogen and oxygen atoms in total. The van der Waals surface area contributed by atoms with E-state index in [9.17, 15) is 33.9 Å². The molecule has 2 aromatic carbocycles. The third-order valence-corrected chi connectivity index (χ3v) is 7.30. The maximum absolute atomic E-state index is 13.0. The Morgan fingerprint density at radius 2 is 1.29 bits per heavy atom. The topological polar surface area (TPSA) is 194 Å². The molecule has 0 unspecified atom stereocenters. The number of hydrogen-bond donors (Lipinski definition) is 3. The normalized spacial score (nSPS) is 14.5. The molecule has 3 N–H and O–H groups in total. The van der Waals surface area contributed by atoms with Crippen LogP contribution in [0.4, 0.5) is 0 Å². The summed E-state index contributed by atoms with van der Waals surface area (Å²) in [6, 6.07) is 13.2. The van der Waals surface area contributed by atoms with Crippen molar-refractivity contribution in [3.63, 3.8) is 0 Å². The molecule has 0 bridgehead atoms. The van der Waals surface area contributed by atoms with Crippen molar-refractivity contribution in [1.82, 2.24) is 0 Å². The number of ether oxygens (including phenoxy) is 1. The Kier molecular flexibility index (Phi) is 11.5. The van der Waals surface area contributed by atoms with E-state index in [2.05, 4.69) is 9.99 Å². The summed E-state index contributed by atoms with van der Waals surface area (Å²) in [7, 11) is 0. The average Bonchev–Trinajstić information content (AvgIpc) is 2.94. The maximum atomic E-state index is 13.0. The van der Waals surface area contributed by atoms with E-state index in [0.29, 0.717) is 18.4 Å². The predicted molar refractivity (Wildman–Crippen MR) is 147 cm³/mol. The van der Waals surface area contributed by atoms with Gasteiger partial charge in [0.2, 0.25) is 5.78 Å². The van der Waals surface area contributed by atoms with Gasteiger partial charge in [-0.05, 0) is 49.2 Å². The summed E-state index contributed by atoms with van der Waals surface area (Å²) >= 11 is 1.37. The Hall–Kier alpha value is -4.36. The number of oxime groups is 1. The van der Waals surface area contributed by atoms with Crippen LogP contribution in [0.1, 0.15) is 72.1 Å². The summed E-state index contributed by atoms with van der Waals surface area (Å²) in [6.07, 6.45) is 1.36. The van der Waals surface area contributed by atoms with Gasteiger partial charge >= 0.3 is 23.9 Å². The second-order valence-corrected chi connectivity index (χ2v) is 10.7. The molecular weight excluding hydrogens is 570 g/mol. The lowest BCUT2D eigenvalue weighted by Gasteiger charge is -2.30. The molecule has 1 saturated carbocycles. The third kappa shape index (κ3) is 9.63. The number of aliphatic hydroxyl groups is 1. The number of carboxylic acids is 2. The van der Waals surface area contributed by atoms with Crippen molar-refractivity contribution in [1.29, 1.82) is 0 Å². The van der Waals surface area contributed by atoms with Gasteiger partial charge in [-0.3, -0.25) is 24.0 Å². The fraction of sp³-hybridized carbons (Fsp3) is 0.345. The van der Waals surface area contributed by atoms with Gasteiger partial charge in [0, 0.05) is 27.3 Å². The van der Waals surface area contributed by atoms with Crippen molar-refractivity contribution in [3.8, 4) is 0 Å². The van der Waals surface area contributed by atoms with Crippen LogP contribution >= 0.6 is 11.8 Å². The number of hydrogen-bond acceptors (Lipinski definition) is 11. The van der Waals surface area contributed by atoms with Crippen LogP contribution in [0, 0.1) is 0 Å². The van der Waals surface area contributed by atoms with Gasteiger partial charge in [0.05, 0.1) is 6.61 Å². The van der Waals surface area contributed by atoms with Crippen LogP contribution in [-0.2, 0) is 28.8 Å². The lowest BCUT2D eigenvalue weighted by Crippen LogP contribution is -2.40. The Balaban J connectivity index is 1.66. The third-order valence-electron chi connectivity index (χ3n) is 6.28. The predicted octanol–water partition coefficient (Wildman–Crippen LogP) is 3.68. The molecule has 0 radical (unpaired) electrons. The lowest BCUT2D eigenvalue weighted by molar-refractivity contribution is -0.153. The average molecular weight is 600 g/mol. The van der Waals surface area contributed by atoms with Gasteiger partial charge < -0.3 is 24.9 Å². The minimum absolute atomic E-state index is 0.144. The highest BCUT2D eigenvalue weighted by atomic mass is 32.2. The van der Waals surface area contributed by atoms with Crippen LogP contribution < -0.4 is 0 Å². The Morgan fingerprint density at radius 3 is 1.83 bits per heavy atom. The number of benzene rings is 2. The van der Waals surface area contributed by atoms with Crippen LogP contribution in [0.15, 0.2) is 63.5 Å². The standard InChI is InChI=1S/C29H29NO11S/c31-23(32)16-25(35)40-15-12-22(30-41-26(36)17-24(33)34)27(37)18-4-8-20(9-5-18)42-21-10-6-19(7-11-21)28(38)29(39)13-2-1-3-14-29/h4-11,39H,1-3,12-17H2,(H,31,32)(H,33,34)/b30-22+. The van der Waals surface area contributed by atoms with Crippen LogP contribution in [0.2, 0.25) is 0 Å². The highest BCUT2D eigenvalue weighted by Crippen LogP contribution is 2.33. The van der Waals surface area contributed by atoms with E-state index in [1.807, 2.05) is 0 Å². The zero-order valence-corrected chi connectivity index (χ0v) is 23.3. The van der Waals surface area contributed by atoms with E-state index in [-0.39, 0.29) is 23.5 Å². The number of ketones is 2. The monoisotopic (exact) mass is 599 g/mol. The number of Topliss-reactive ketones (excluding diaryl/α,β-unsaturated/α-hetero) is 2. The first-order chi connectivity index (χ1) is 20.0. The number of carboxylic acid groups (broad SMARTS) is 2. The first-order valence-corrected chi connectivity index (χ1v) is 13.8. The molecule has 0 aliphatic heterocycles. The first-order valence-electron chi connectivity index (χ1n) is 13.0. The van der Waals surface area contributed by atoms with Gasteiger partial charge in [0.25, 0.3) is 0 Å². The second kappa shape index (κ2) is 15.0. The summed E-state index contributed by atoms with van der Waals surface area (Å²) in [4.78, 5) is 76.3. The number of aliphatic carboxylic acids is 2. The van der Waals surface area contributed by atoms with Crippen LogP contribution in [0.5, 0.6) is 0 Å². The van der Waals surface area contributed by atoms with E-state index in [1.54, 1.807) is 36.4 Å². The van der Waals surface area contributed by atoms with E-state index >= 15 is 0 Å². The highest BCUT2D eigenvalue weighted by Gasteiger charge is 2.37. The Labute approximate surface area is 244 Å². The summed E-state index contributed by atoms with van der Waals surface area (Å²) < 4.78 is 4.76. The van der Waals surface area contributed by atoms with Crippen molar-refractivity contribution in [2.75, 3.05) is 6.61 Å². The molecule has 2 aromatic rings. The largest absolute Gasteiger partial charge is 0.481 e. The van der Waals surface area contributed by atoms with Crippen molar-refractivity contribution in [2.24, 2.45) is 5.16 Å². The number of rotatable bonds is 14. The maximum Gasteiger partial charge on any atom is 0.346 e. The molecule has 0 heterocycles. The molecule has 3 rings (SSSR count). The van der Waals surface area contributed by atoms with E-state index < -0.39 is 54.7 Å². The van der Waals surface area contributed by atoms with E-state index in [1.165, 1.54) is 23.9 Å². The molecular formula is C29H29NO11S. The van der Waals surface area contributed by atoms with Gasteiger partial charge in [-0.1, -0.05) is 48.3 Å². The van der Waals surface area contributed by atoms with Crippen LogP contribution in [0.25, 0.3) is 0 Å². The molecule has 1 aliphatic rings. The van der Waals surface area contributed by atoms with Gasteiger partial charge in [-0.15, -0.1) is 0 Å². The number of carbonyl (C=O) groups excluding carboxylic acids is 4. The van der Waals surface area contributed by atoms with Gasteiger partial charge in [-0.25, -0.2) is 4.79 Å². The summed E-state index contributed by atoms with van der Waals surface area (Å²) in [5, 5.41) is 31.5. The molecule has 0 saturated heterocycles. The fourth-order valence-corrected chi connectivity index (χ4v) is 5.00. The zero-order chi connectivity index (χ0) is 30.7. The van der Waals surface area contributed by atoms with Gasteiger partial charge in [0.15, 0.2) is 5.78 Å². The summed E-state index contributed by atoms with van der Waals surface area (Å²) in [5.41, 5.74) is -1.08. The molecule has 0 spiro atoms. The molecule has 13 heteroatoms.